The molecule has 0 rings (SSSR count). The molecule has 0 aromatic carbocycles. The number of aliphatic hydroxyl groups excluding tert-OH is 1. The van der Waals surface area contributed by atoms with Crippen molar-refractivity contribution in [1.82, 2.24) is 0 Å². The lowest BCUT2D eigenvalue weighted by Crippen LogP contribution is -1.96. The lowest BCUT2D eigenvalue weighted by atomic mass is 10.8. The van der Waals surface area contributed by atoms with Gasteiger partial charge in [0.05, 0.1) is 26.1 Å². The first-order valence-electron chi connectivity index (χ1n) is 6.55. The third kappa shape index (κ3) is 151. The first kappa shape index (κ1) is 36.9. The van der Waals surface area contributed by atoms with E-state index in [1.165, 1.54) is 13.2 Å². The van der Waals surface area contributed by atoms with E-state index in [0.717, 1.165) is 26.1 Å². The SMILES string of the molecule is C.C=COCC.CC=O.CCOCC.CCOCCO.O. The van der Waals surface area contributed by atoms with Gasteiger partial charge in [-0.3, -0.25) is 0 Å². The molecule has 0 bridgehead atoms. The average molecular weight is 314 g/mol. The lowest BCUT2D eigenvalue weighted by molar-refractivity contribution is -0.106. The van der Waals surface area contributed by atoms with Crippen LogP contribution >= 0.6 is 0 Å². The van der Waals surface area contributed by atoms with Crippen molar-refractivity contribution in [1.29, 1.82) is 0 Å². The first-order valence-corrected chi connectivity index (χ1v) is 6.55. The van der Waals surface area contributed by atoms with Gasteiger partial charge in [-0.05, 0) is 34.6 Å². The summed E-state index contributed by atoms with van der Waals surface area (Å²) in [6.45, 7) is 16.3. The van der Waals surface area contributed by atoms with Gasteiger partial charge in [0.15, 0.2) is 0 Å². The predicted octanol–water partition coefficient (Wildman–Crippen LogP) is 2.24. The van der Waals surface area contributed by atoms with Crippen LogP contribution in [-0.4, -0.2) is 56.5 Å². The van der Waals surface area contributed by atoms with Crippen molar-refractivity contribution < 1.29 is 29.6 Å². The zero-order valence-electron chi connectivity index (χ0n) is 13.7. The van der Waals surface area contributed by atoms with Crippen molar-refractivity contribution in [3.05, 3.63) is 12.8 Å². The fourth-order valence-corrected chi connectivity index (χ4v) is 0.531. The third-order valence-electron chi connectivity index (χ3n) is 1.13. The van der Waals surface area contributed by atoms with Crippen LogP contribution in [0.4, 0.5) is 0 Å². The van der Waals surface area contributed by atoms with E-state index in [9.17, 15) is 0 Å². The summed E-state index contributed by atoms with van der Waals surface area (Å²) in [4.78, 5) is 8.81. The summed E-state index contributed by atoms with van der Waals surface area (Å²) in [6, 6.07) is 0. The minimum Gasteiger partial charge on any atom is -0.502 e. The Kier molecular flexibility index (Phi) is 108. The van der Waals surface area contributed by atoms with Gasteiger partial charge in [-0.15, -0.1) is 0 Å². The Morgan fingerprint density at radius 2 is 1.38 bits per heavy atom. The maximum absolute atomic E-state index is 8.81. The molecule has 0 spiro atoms. The Morgan fingerprint density at radius 1 is 1.00 bits per heavy atom. The van der Waals surface area contributed by atoms with Crippen LogP contribution in [-0.2, 0) is 19.0 Å². The van der Waals surface area contributed by atoms with Gasteiger partial charge in [0.2, 0.25) is 0 Å². The number of carbonyl (C=O) groups excluding carboxylic acids is 1. The summed E-state index contributed by atoms with van der Waals surface area (Å²) in [5, 5.41) is 8.07. The van der Waals surface area contributed by atoms with Crippen molar-refractivity contribution in [2.75, 3.05) is 39.6 Å². The monoisotopic (exact) mass is 314 g/mol. The van der Waals surface area contributed by atoms with Gasteiger partial charge >= 0.3 is 0 Å². The normalized spacial score (nSPS) is 6.76. The van der Waals surface area contributed by atoms with Gasteiger partial charge in [0, 0.05) is 19.8 Å². The molecular formula is C15H38O6. The summed E-state index contributed by atoms with van der Waals surface area (Å²) in [6.07, 6.45) is 2.18. The van der Waals surface area contributed by atoms with Crippen molar-refractivity contribution in [3.63, 3.8) is 0 Å². The molecule has 21 heavy (non-hydrogen) atoms. The van der Waals surface area contributed by atoms with Crippen molar-refractivity contribution >= 4 is 6.29 Å². The van der Waals surface area contributed by atoms with Crippen LogP contribution in [0.25, 0.3) is 0 Å². The summed E-state index contributed by atoms with van der Waals surface area (Å²) >= 11 is 0. The fourth-order valence-electron chi connectivity index (χ4n) is 0.531. The molecule has 0 unspecified atom stereocenters. The summed E-state index contributed by atoms with van der Waals surface area (Å²) in [5.41, 5.74) is 0. The number of aliphatic hydroxyl groups is 1. The maximum atomic E-state index is 8.81. The van der Waals surface area contributed by atoms with Gasteiger partial charge in [-0.2, -0.15) is 0 Å². The molecule has 0 aromatic heterocycles. The second-order valence-corrected chi connectivity index (χ2v) is 2.56. The van der Waals surface area contributed by atoms with E-state index in [2.05, 4.69) is 11.3 Å². The Morgan fingerprint density at radius 3 is 1.43 bits per heavy atom. The van der Waals surface area contributed by atoms with Crippen molar-refractivity contribution in [2.24, 2.45) is 0 Å². The number of ether oxygens (including phenoxy) is 3. The summed E-state index contributed by atoms with van der Waals surface area (Å²) in [5.74, 6) is 0. The van der Waals surface area contributed by atoms with Crippen LogP contribution in [0.1, 0.15) is 42.0 Å². The Hall–Kier alpha value is -0.950. The molecule has 6 nitrogen and oxygen atoms in total. The van der Waals surface area contributed by atoms with Crippen LogP contribution in [0.5, 0.6) is 0 Å². The molecule has 0 atom stereocenters. The van der Waals surface area contributed by atoms with Crippen LogP contribution in [0, 0.1) is 0 Å². The topological polar surface area (TPSA) is 96.5 Å². The number of carbonyl (C=O) groups is 1. The Balaban J connectivity index is -0.0000000354. The number of hydrogen-bond donors (Lipinski definition) is 1. The van der Waals surface area contributed by atoms with Gasteiger partial charge in [0.1, 0.15) is 6.29 Å². The fraction of sp³-hybridized carbons (Fsp3) is 0.800. The van der Waals surface area contributed by atoms with Crippen LogP contribution in [0.15, 0.2) is 12.8 Å². The maximum Gasteiger partial charge on any atom is 0.116 e. The van der Waals surface area contributed by atoms with Crippen molar-refractivity contribution in [3.8, 4) is 0 Å². The molecule has 134 valence electrons. The largest absolute Gasteiger partial charge is 0.502 e. The van der Waals surface area contributed by atoms with E-state index in [1.807, 2.05) is 27.7 Å². The van der Waals surface area contributed by atoms with Crippen molar-refractivity contribution in [2.45, 2.75) is 42.0 Å². The highest BCUT2D eigenvalue weighted by molar-refractivity contribution is 5.44. The second kappa shape index (κ2) is 61.4. The Labute approximate surface area is 131 Å². The minimum atomic E-state index is 0. The molecule has 3 N–H and O–H groups in total. The molecule has 0 aromatic rings. The van der Waals surface area contributed by atoms with E-state index in [4.69, 9.17) is 19.4 Å². The lowest BCUT2D eigenvalue weighted by Gasteiger charge is -1.91. The van der Waals surface area contributed by atoms with Crippen LogP contribution < -0.4 is 0 Å². The average Bonchev–Trinajstić information content (AvgIpc) is 2.40. The molecule has 6 heteroatoms. The summed E-state index contributed by atoms with van der Waals surface area (Å²) < 4.78 is 14.2. The predicted molar refractivity (Wildman–Crippen MR) is 89.7 cm³/mol. The number of aldehydes is 1. The minimum absolute atomic E-state index is 0. The Bertz CT molecular complexity index is 125. The molecule has 0 aliphatic carbocycles. The van der Waals surface area contributed by atoms with Gasteiger partial charge in [-0.25, -0.2) is 0 Å². The van der Waals surface area contributed by atoms with Gasteiger partial charge in [-0.1, -0.05) is 14.0 Å². The second-order valence-electron chi connectivity index (χ2n) is 2.56. The molecule has 0 aliphatic heterocycles. The number of hydrogen-bond acceptors (Lipinski definition) is 5. The van der Waals surface area contributed by atoms with Gasteiger partial charge < -0.3 is 29.6 Å². The zero-order chi connectivity index (χ0) is 15.8. The molecule has 0 radical (unpaired) electrons. The molecule has 0 aliphatic rings. The molecule has 0 saturated carbocycles. The molecule has 0 fully saturated rings. The van der Waals surface area contributed by atoms with E-state index < -0.39 is 0 Å². The summed E-state index contributed by atoms with van der Waals surface area (Å²) in [7, 11) is 0. The van der Waals surface area contributed by atoms with Crippen LogP contribution in [0.2, 0.25) is 0 Å². The molecule has 0 amide bonds. The van der Waals surface area contributed by atoms with E-state index in [-0.39, 0.29) is 19.5 Å². The standard InChI is InChI=1S/C4H10O2.C4H10O.C4H8O.C2H4O.CH4.H2O/c1-2-6-4-3-5;2*1-3-5-4-2;1-2-3;;/h5H,2-4H2,1H3;3-4H2,1-2H3;3H,1,4H2,2H3;2H,1H3;1H4;1H2. The van der Waals surface area contributed by atoms with E-state index in [1.54, 1.807) is 0 Å². The molecule has 0 saturated heterocycles. The molecular weight excluding hydrogens is 276 g/mol. The zero-order valence-corrected chi connectivity index (χ0v) is 13.7. The highest BCUT2D eigenvalue weighted by Crippen LogP contribution is 1.66. The smallest absolute Gasteiger partial charge is 0.116 e. The highest BCUT2D eigenvalue weighted by Gasteiger charge is 1.73. The van der Waals surface area contributed by atoms with Gasteiger partial charge in [0.25, 0.3) is 0 Å². The highest BCUT2D eigenvalue weighted by atomic mass is 16.5. The van der Waals surface area contributed by atoms with E-state index >= 15 is 0 Å². The molecule has 0 heterocycles. The third-order valence-corrected chi connectivity index (χ3v) is 1.13. The first-order chi connectivity index (χ1) is 9.16. The quantitative estimate of drug-likeness (QED) is 0.441. The van der Waals surface area contributed by atoms with Crippen LogP contribution in [0.3, 0.4) is 0 Å². The van der Waals surface area contributed by atoms with E-state index in [0.29, 0.717) is 13.2 Å². The number of rotatable bonds is 7.